The van der Waals surface area contributed by atoms with E-state index in [0.717, 1.165) is 10.7 Å². The number of hydrogen-bond donors (Lipinski definition) is 1. The number of benzene rings is 1. The molecule has 1 heterocycles. The minimum Gasteiger partial charge on any atom is -0.351 e. The molecule has 3 nitrogen and oxygen atoms in total. The van der Waals surface area contributed by atoms with Crippen molar-refractivity contribution in [3.05, 3.63) is 50.7 Å². The van der Waals surface area contributed by atoms with Crippen LogP contribution in [-0.2, 0) is 6.42 Å². The zero-order valence-electron chi connectivity index (χ0n) is 11.8. The van der Waals surface area contributed by atoms with Crippen LogP contribution in [0.2, 0.25) is 5.02 Å². The first kappa shape index (κ1) is 15.9. The zero-order valence-corrected chi connectivity index (χ0v) is 13.4. The molecule has 0 bridgehead atoms. The van der Waals surface area contributed by atoms with Crippen molar-refractivity contribution in [3.8, 4) is 0 Å². The molecule has 6 heteroatoms. The number of amides is 1. The van der Waals surface area contributed by atoms with E-state index in [0.29, 0.717) is 18.9 Å². The van der Waals surface area contributed by atoms with E-state index in [9.17, 15) is 9.18 Å². The van der Waals surface area contributed by atoms with Gasteiger partial charge in [-0.3, -0.25) is 4.79 Å². The maximum atomic E-state index is 13.6. The third-order valence-electron chi connectivity index (χ3n) is 2.98. The maximum Gasteiger partial charge on any atom is 0.255 e. The summed E-state index contributed by atoms with van der Waals surface area (Å²) in [5, 5.41) is 5.77. The summed E-state index contributed by atoms with van der Waals surface area (Å²) in [5.41, 5.74) is 0.944. The van der Waals surface area contributed by atoms with Crippen LogP contribution in [0.4, 0.5) is 4.39 Å². The van der Waals surface area contributed by atoms with Crippen LogP contribution >= 0.6 is 22.9 Å². The van der Waals surface area contributed by atoms with E-state index < -0.39 is 11.7 Å². The Morgan fingerprint density at radius 2 is 2.24 bits per heavy atom. The second kappa shape index (κ2) is 7.00. The second-order valence-corrected chi connectivity index (χ2v) is 6.27. The predicted octanol–water partition coefficient (Wildman–Crippen LogP) is 4.03. The molecule has 0 unspecified atom stereocenters. The quantitative estimate of drug-likeness (QED) is 0.901. The molecule has 1 amide bonds. The number of aromatic nitrogens is 1. The fourth-order valence-electron chi connectivity index (χ4n) is 1.79. The molecular formula is C15H16ClFN2OS. The van der Waals surface area contributed by atoms with Crippen molar-refractivity contribution < 1.29 is 9.18 Å². The second-order valence-electron chi connectivity index (χ2n) is 4.92. The zero-order chi connectivity index (χ0) is 15.4. The van der Waals surface area contributed by atoms with Crippen LogP contribution in [-0.4, -0.2) is 17.4 Å². The largest absolute Gasteiger partial charge is 0.351 e. The number of rotatable bonds is 5. The van der Waals surface area contributed by atoms with E-state index in [-0.39, 0.29) is 10.6 Å². The standard InChI is InChI=1S/C15H16ClFN2OS/c1-9(2)12-8-21-13(19-12)6-7-18-15(20)14-10(16)4-3-5-11(14)17/h3-5,8-9H,6-7H2,1-2H3,(H,18,20). The van der Waals surface area contributed by atoms with Crippen molar-refractivity contribution in [1.82, 2.24) is 10.3 Å². The molecule has 0 saturated carbocycles. The van der Waals surface area contributed by atoms with Crippen LogP contribution in [0, 0.1) is 5.82 Å². The molecule has 1 aromatic heterocycles. The molecule has 0 aliphatic rings. The van der Waals surface area contributed by atoms with Gasteiger partial charge in [0.2, 0.25) is 0 Å². The van der Waals surface area contributed by atoms with Crippen molar-refractivity contribution in [2.45, 2.75) is 26.2 Å². The molecule has 1 aromatic carbocycles. The van der Waals surface area contributed by atoms with Gasteiger partial charge in [0, 0.05) is 18.3 Å². The van der Waals surface area contributed by atoms with Gasteiger partial charge in [0.15, 0.2) is 0 Å². The predicted molar refractivity (Wildman–Crippen MR) is 83.7 cm³/mol. The lowest BCUT2D eigenvalue weighted by Gasteiger charge is -2.06. The average Bonchev–Trinajstić information content (AvgIpc) is 2.87. The van der Waals surface area contributed by atoms with Crippen LogP contribution in [0.5, 0.6) is 0 Å². The highest BCUT2D eigenvalue weighted by Gasteiger charge is 2.15. The normalized spacial score (nSPS) is 10.9. The Morgan fingerprint density at radius 3 is 2.86 bits per heavy atom. The van der Waals surface area contributed by atoms with E-state index in [2.05, 4.69) is 24.1 Å². The SMILES string of the molecule is CC(C)c1csc(CCNC(=O)c2c(F)cccc2Cl)n1. The number of thiazole rings is 1. The van der Waals surface area contributed by atoms with Gasteiger partial charge in [-0.25, -0.2) is 9.37 Å². The first-order valence-corrected chi connectivity index (χ1v) is 7.91. The first-order chi connectivity index (χ1) is 9.99. The smallest absolute Gasteiger partial charge is 0.255 e. The van der Waals surface area contributed by atoms with Gasteiger partial charge in [-0.05, 0) is 18.1 Å². The Kier molecular flexibility index (Phi) is 5.31. The lowest BCUT2D eigenvalue weighted by molar-refractivity contribution is 0.0950. The Balaban J connectivity index is 1.92. The maximum absolute atomic E-state index is 13.6. The topological polar surface area (TPSA) is 42.0 Å². The summed E-state index contributed by atoms with van der Waals surface area (Å²) in [5.74, 6) is -0.725. The summed E-state index contributed by atoms with van der Waals surface area (Å²) in [6, 6.07) is 4.18. The fraction of sp³-hybridized carbons (Fsp3) is 0.333. The number of hydrogen-bond acceptors (Lipinski definition) is 3. The van der Waals surface area contributed by atoms with Crippen LogP contribution in [0.15, 0.2) is 23.6 Å². The third-order valence-corrected chi connectivity index (χ3v) is 4.22. The molecule has 0 saturated heterocycles. The van der Waals surface area contributed by atoms with Crippen molar-refractivity contribution in [2.24, 2.45) is 0 Å². The van der Waals surface area contributed by atoms with Crippen LogP contribution in [0.1, 0.15) is 40.8 Å². The summed E-state index contributed by atoms with van der Waals surface area (Å²) in [7, 11) is 0. The van der Waals surface area contributed by atoms with E-state index >= 15 is 0 Å². The van der Waals surface area contributed by atoms with Crippen molar-refractivity contribution in [1.29, 1.82) is 0 Å². The van der Waals surface area contributed by atoms with Gasteiger partial charge in [-0.1, -0.05) is 31.5 Å². The Bertz CT molecular complexity index is 622. The molecule has 21 heavy (non-hydrogen) atoms. The fourth-order valence-corrected chi connectivity index (χ4v) is 3.00. The summed E-state index contributed by atoms with van der Waals surface area (Å²) in [6.45, 7) is 4.57. The lowest BCUT2D eigenvalue weighted by Crippen LogP contribution is -2.26. The molecule has 2 rings (SSSR count). The number of halogens is 2. The molecular weight excluding hydrogens is 311 g/mol. The van der Waals surface area contributed by atoms with Gasteiger partial charge in [0.25, 0.3) is 5.91 Å². The molecule has 0 spiro atoms. The van der Waals surface area contributed by atoms with Gasteiger partial charge in [0.05, 0.1) is 21.3 Å². The monoisotopic (exact) mass is 326 g/mol. The van der Waals surface area contributed by atoms with Crippen molar-refractivity contribution in [3.63, 3.8) is 0 Å². The van der Waals surface area contributed by atoms with Gasteiger partial charge in [0.1, 0.15) is 5.82 Å². The highest BCUT2D eigenvalue weighted by atomic mass is 35.5. The average molecular weight is 327 g/mol. The van der Waals surface area contributed by atoms with Gasteiger partial charge in [-0.15, -0.1) is 11.3 Å². The van der Waals surface area contributed by atoms with Gasteiger partial charge in [-0.2, -0.15) is 0 Å². The highest BCUT2D eigenvalue weighted by molar-refractivity contribution is 7.09. The molecule has 0 aliphatic carbocycles. The molecule has 0 fully saturated rings. The van der Waals surface area contributed by atoms with E-state index in [1.54, 1.807) is 11.3 Å². The lowest BCUT2D eigenvalue weighted by atomic mass is 10.2. The summed E-state index contributed by atoms with van der Waals surface area (Å²) >= 11 is 7.42. The number of nitrogens with one attached hydrogen (secondary N) is 1. The summed E-state index contributed by atoms with van der Waals surface area (Å²) in [4.78, 5) is 16.4. The number of nitrogens with zero attached hydrogens (tertiary/aromatic N) is 1. The Morgan fingerprint density at radius 1 is 1.48 bits per heavy atom. The Labute approximate surface area is 132 Å². The van der Waals surface area contributed by atoms with Crippen LogP contribution in [0.25, 0.3) is 0 Å². The summed E-state index contributed by atoms with van der Waals surface area (Å²) < 4.78 is 13.6. The summed E-state index contributed by atoms with van der Waals surface area (Å²) in [6.07, 6.45) is 0.620. The molecule has 112 valence electrons. The van der Waals surface area contributed by atoms with Crippen molar-refractivity contribution in [2.75, 3.05) is 6.54 Å². The molecule has 0 atom stereocenters. The van der Waals surface area contributed by atoms with Gasteiger partial charge < -0.3 is 5.32 Å². The van der Waals surface area contributed by atoms with Crippen LogP contribution < -0.4 is 5.32 Å². The van der Waals surface area contributed by atoms with E-state index in [1.165, 1.54) is 18.2 Å². The van der Waals surface area contributed by atoms with Crippen LogP contribution in [0.3, 0.4) is 0 Å². The number of carbonyl (C=O) groups is 1. The highest BCUT2D eigenvalue weighted by Crippen LogP contribution is 2.19. The van der Waals surface area contributed by atoms with E-state index in [4.69, 9.17) is 11.6 Å². The van der Waals surface area contributed by atoms with Gasteiger partial charge >= 0.3 is 0 Å². The molecule has 0 radical (unpaired) electrons. The first-order valence-electron chi connectivity index (χ1n) is 6.65. The third kappa shape index (κ3) is 4.02. The van der Waals surface area contributed by atoms with Crippen molar-refractivity contribution >= 4 is 28.8 Å². The van der Waals surface area contributed by atoms with E-state index in [1.807, 2.05) is 5.38 Å². The molecule has 0 aliphatic heterocycles. The molecule has 1 N–H and O–H groups in total. The minimum atomic E-state index is -0.614. The number of carbonyl (C=O) groups excluding carboxylic acids is 1. The minimum absolute atomic E-state index is 0.110. The Hall–Kier alpha value is -1.46. The molecule has 2 aromatic rings.